The molecule has 4 nitrogen and oxygen atoms in total. The molecular formula is C13H19NO3S. The second-order valence-corrected chi connectivity index (χ2v) is 4.24. The van der Waals surface area contributed by atoms with Gasteiger partial charge in [0.2, 0.25) is 0 Å². The second-order valence-electron chi connectivity index (χ2n) is 3.79. The molecule has 1 rings (SSSR count). The van der Waals surface area contributed by atoms with Crippen LogP contribution in [0.4, 0.5) is 4.79 Å². The van der Waals surface area contributed by atoms with Crippen LogP contribution in [0, 0.1) is 0 Å². The van der Waals surface area contributed by atoms with Gasteiger partial charge in [0, 0.05) is 0 Å². The number of rotatable bonds is 8. The van der Waals surface area contributed by atoms with Gasteiger partial charge in [-0.25, -0.2) is 4.79 Å². The zero-order chi connectivity index (χ0) is 13.1. The largest absolute Gasteiger partial charge is 0.447 e. The Labute approximate surface area is 113 Å². The van der Waals surface area contributed by atoms with Crippen LogP contribution in [0.1, 0.15) is 25.7 Å². The van der Waals surface area contributed by atoms with E-state index in [0.29, 0.717) is 12.4 Å². The average Bonchev–Trinajstić information content (AvgIpc) is 2.41. The first kappa shape index (κ1) is 14.7. The highest BCUT2D eigenvalue weighted by atomic mass is 32.1. The van der Waals surface area contributed by atoms with E-state index in [9.17, 15) is 4.79 Å². The molecule has 0 spiro atoms. The number of benzene rings is 1. The fourth-order valence-corrected chi connectivity index (χ4v) is 1.57. The van der Waals surface area contributed by atoms with Crippen molar-refractivity contribution in [1.29, 1.82) is 0 Å². The molecular weight excluding hydrogens is 250 g/mol. The van der Waals surface area contributed by atoms with E-state index in [1.54, 1.807) is 12.1 Å². The maximum atomic E-state index is 11.2. The number of nitrogens with one attached hydrogen (secondary N) is 1. The third-order valence-corrected chi connectivity index (χ3v) is 2.60. The number of amides is 1. The number of carbonyl (C=O) groups excluding carboxylic acids is 1. The highest BCUT2D eigenvalue weighted by molar-refractivity contribution is 7.80. The maximum absolute atomic E-state index is 11.2. The molecule has 0 aromatic heterocycles. The molecule has 0 aliphatic rings. The molecule has 0 saturated carbocycles. The third-order valence-electron chi connectivity index (χ3n) is 2.28. The molecule has 18 heavy (non-hydrogen) atoms. The number of hydroxylamine groups is 1. The van der Waals surface area contributed by atoms with Crippen molar-refractivity contribution in [2.24, 2.45) is 0 Å². The summed E-state index contributed by atoms with van der Waals surface area (Å²) >= 11 is 4.13. The lowest BCUT2D eigenvalue weighted by Crippen LogP contribution is -2.28. The first-order valence-corrected chi connectivity index (χ1v) is 6.71. The van der Waals surface area contributed by atoms with Crippen LogP contribution in [0.3, 0.4) is 0 Å². The smallest absolute Gasteiger partial charge is 0.440 e. The molecule has 0 aliphatic heterocycles. The van der Waals surface area contributed by atoms with Crippen molar-refractivity contribution in [1.82, 2.24) is 5.48 Å². The van der Waals surface area contributed by atoms with Gasteiger partial charge in [0.15, 0.2) is 5.75 Å². The van der Waals surface area contributed by atoms with Crippen LogP contribution in [-0.4, -0.2) is 18.5 Å². The van der Waals surface area contributed by atoms with Crippen molar-refractivity contribution in [2.45, 2.75) is 25.7 Å². The van der Waals surface area contributed by atoms with Gasteiger partial charge < -0.3 is 9.57 Å². The number of ether oxygens (including phenoxy) is 1. The molecule has 5 heteroatoms. The van der Waals surface area contributed by atoms with E-state index in [1.807, 2.05) is 18.2 Å². The predicted molar refractivity (Wildman–Crippen MR) is 73.9 cm³/mol. The molecule has 1 aromatic carbocycles. The van der Waals surface area contributed by atoms with Crippen molar-refractivity contribution in [2.75, 3.05) is 12.4 Å². The number of unbranched alkanes of at least 4 members (excludes halogenated alkanes) is 3. The van der Waals surface area contributed by atoms with Crippen molar-refractivity contribution in [3.63, 3.8) is 0 Å². The molecule has 0 radical (unpaired) electrons. The number of hydrogen-bond acceptors (Lipinski definition) is 4. The Balaban J connectivity index is 2.01. The molecule has 0 aliphatic carbocycles. The molecule has 1 N–H and O–H groups in total. The van der Waals surface area contributed by atoms with Crippen LogP contribution in [0.15, 0.2) is 30.3 Å². The molecule has 0 saturated heterocycles. The standard InChI is InChI=1S/C13H19NO3S/c15-13(16-10-6-1-2-7-11-18)14-17-12-8-4-3-5-9-12/h3-5,8-9,18H,1-2,6-7,10-11H2,(H,14,15). The minimum absolute atomic E-state index is 0.413. The van der Waals surface area contributed by atoms with Crippen molar-refractivity contribution < 1.29 is 14.4 Å². The molecule has 0 unspecified atom stereocenters. The number of hydrogen-bond donors (Lipinski definition) is 2. The topological polar surface area (TPSA) is 47.6 Å². The monoisotopic (exact) mass is 269 g/mol. The quantitative estimate of drug-likeness (QED) is 0.433. The fourth-order valence-electron chi connectivity index (χ4n) is 1.35. The highest BCUT2D eigenvalue weighted by Gasteiger charge is 2.01. The van der Waals surface area contributed by atoms with Crippen molar-refractivity contribution >= 4 is 18.7 Å². The van der Waals surface area contributed by atoms with E-state index >= 15 is 0 Å². The summed E-state index contributed by atoms with van der Waals surface area (Å²) in [5, 5.41) is 0. The predicted octanol–water partition coefficient (Wildman–Crippen LogP) is 3.20. The van der Waals surface area contributed by atoms with Gasteiger partial charge in [-0.05, 0) is 30.7 Å². The van der Waals surface area contributed by atoms with Crippen LogP contribution in [0.25, 0.3) is 0 Å². The number of thiol groups is 1. The zero-order valence-electron chi connectivity index (χ0n) is 10.3. The lowest BCUT2D eigenvalue weighted by atomic mass is 10.2. The van der Waals surface area contributed by atoms with Crippen LogP contribution in [-0.2, 0) is 4.74 Å². The summed E-state index contributed by atoms with van der Waals surface area (Å²) in [6.07, 6.45) is 3.58. The summed E-state index contributed by atoms with van der Waals surface area (Å²) in [5.41, 5.74) is 2.23. The minimum atomic E-state index is -0.562. The van der Waals surface area contributed by atoms with Gasteiger partial charge in [0.25, 0.3) is 0 Å². The third kappa shape index (κ3) is 7.06. The Bertz CT molecular complexity index is 332. The average molecular weight is 269 g/mol. The van der Waals surface area contributed by atoms with Gasteiger partial charge in [-0.3, -0.25) is 0 Å². The molecule has 0 heterocycles. The Hall–Kier alpha value is -1.36. The first-order chi connectivity index (χ1) is 8.83. The van der Waals surface area contributed by atoms with Crippen molar-refractivity contribution in [3.8, 4) is 5.75 Å². The molecule has 0 atom stereocenters. The molecule has 1 aromatic rings. The number of carbonyl (C=O) groups is 1. The van der Waals surface area contributed by atoms with Crippen LogP contribution in [0.5, 0.6) is 5.75 Å². The summed E-state index contributed by atoms with van der Waals surface area (Å²) in [7, 11) is 0. The Morgan fingerprint density at radius 1 is 1.11 bits per heavy atom. The van der Waals surface area contributed by atoms with Crippen LogP contribution >= 0.6 is 12.6 Å². The van der Waals surface area contributed by atoms with Gasteiger partial charge >= 0.3 is 6.09 Å². The molecule has 0 bridgehead atoms. The molecule has 0 fully saturated rings. The highest BCUT2D eigenvalue weighted by Crippen LogP contribution is 2.06. The van der Waals surface area contributed by atoms with Gasteiger partial charge in [-0.2, -0.15) is 18.1 Å². The Morgan fingerprint density at radius 3 is 2.56 bits per heavy atom. The number of para-hydroxylation sites is 1. The van der Waals surface area contributed by atoms with Gasteiger partial charge in [-0.1, -0.05) is 31.0 Å². The van der Waals surface area contributed by atoms with E-state index in [2.05, 4.69) is 18.1 Å². The van der Waals surface area contributed by atoms with Crippen LogP contribution in [0.2, 0.25) is 0 Å². The van der Waals surface area contributed by atoms with E-state index in [0.717, 1.165) is 31.4 Å². The second kappa shape index (κ2) is 9.65. The molecule has 100 valence electrons. The minimum Gasteiger partial charge on any atom is -0.447 e. The van der Waals surface area contributed by atoms with E-state index in [4.69, 9.17) is 9.57 Å². The lowest BCUT2D eigenvalue weighted by molar-refractivity contribution is 0.0985. The van der Waals surface area contributed by atoms with Gasteiger partial charge in [0.05, 0.1) is 6.61 Å². The zero-order valence-corrected chi connectivity index (χ0v) is 11.2. The summed E-state index contributed by atoms with van der Waals surface area (Å²) in [6, 6.07) is 9.01. The fraction of sp³-hybridized carbons (Fsp3) is 0.462. The maximum Gasteiger partial charge on any atom is 0.440 e. The summed E-state index contributed by atoms with van der Waals surface area (Å²) in [6.45, 7) is 0.413. The molecule has 1 amide bonds. The Kier molecular flexibility index (Phi) is 7.88. The lowest BCUT2D eigenvalue weighted by Gasteiger charge is -2.07. The SMILES string of the molecule is O=C(NOc1ccccc1)OCCCCCCS. The van der Waals surface area contributed by atoms with Gasteiger partial charge in [-0.15, -0.1) is 0 Å². The summed E-state index contributed by atoms with van der Waals surface area (Å²) < 4.78 is 4.95. The van der Waals surface area contributed by atoms with Crippen molar-refractivity contribution in [3.05, 3.63) is 30.3 Å². The van der Waals surface area contributed by atoms with Gasteiger partial charge in [0.1, 0.15) is 0 Å². The van der Waals surface area contributed by atoms with E-state index < -0.39 is 6.09 Å². The summed E-state index contributed by atoms with van der Waals surface area (Å²) in [4.78, 5) is 16.3. The van der Waals surface area contributed by atoms with Crippen LogP contribution < -0.4 is 10.3 Å². The summed E-state index contributed by atoms with van der Waals surface area (Å²) in [5.74, 6) is 1.48. The normalized spacial score (nSPS) is 9.83. The van der Waals surface area contributed by atoms with E-state index in [-0.39, 0.29) is 0 Å². The van der Waals surface area contributed by atoms with E-state index in [1.165, 1.54) is 0 Å². The first-order valence-electron chi connectivity index (χ1n) is 6.08. The Morgan fingerprint density at radius 2 is 1.83 bits per heavy atom.